The van der Waals surface area contributed by atoms with Gasteiger partial charge in [-0.15, -0.1) is 0 Å². The molecule has 0 bridgehead atoms. The van der Waals surface area contributed by atoms with Gasteiger partial charge in [0.1, 0.15) is 5.75 Å². The number of halogens is 1. The third kappa shape index (κ3) is 2.86. The van der Waals surface area contributed by atoms with Crippen molar-refractivity contribution in [2.75, 3.05) is 13.7 Å². The standard InChI is InChI=1S/C12H17ClO2/c1-12(2,6-7-14)9-4-5-11(15-3)10(13)8-9/h4-5,8,14H,6-7H2,1-3H3. The summed E-state index contributed by atoms with van der Waals surface area (Å²) in [5, 5.41) is 9.59. The number of hydrogen-bond donors (Lipinski definition) is 1. The van der Waals surface area contributed by atoms with Gasteiger partial charge in [-0.05, 0) is 29.5 Å². The molecule has 0 atom stereocenters. The first kappa shape index (κ1) is 12.3. The molecule has 0 heterocycles. The molecule has 3 heteroatoms. The van der Waals surface area contributed by atoms with E-state index in [0.29, 0.717) is 10.8 Å². The van der Waals surface area contributed by atoms with E-state index in [-0.39, 0.29) is 12.0 Å². The van der Waals surface area contributed by atoms with Gasteiger partial charge in [-0.1, -0.05) is 31.5 Å². The van der Waals surface area contributed by atoms with E-state index < -0.39 is 0 Å². The summed E-state index contributed by atoms with van der Waals surface area (Å²) >= 11 is 6.05. The lowest BCUT2D eigenvalue weighted by molar-refractivity contribution is 0.252. The molecule has 0 saturated heterocycles. The largest absolute Gasteiger partial charge is 0.495 e. The molecule has 0 fully saturated rings. The van der Waals surface area contributed by atoms with Gasteiger partial charge >= 0.3 is 0 Å². The van der Waals surface area contributed by atoms with Gasteiger partial charge in [-0.2, -0.15) is 0 Å². The summed E-state index contributed by atoms with van der Waals surface area (Å²) in [6, 6.07) is 5.74. The third-order valence-electron chi connectivity index (χ3n) is 2.67. The highest BCUT2D eigenvalue weighted by atomic mass is 35.5. The fourth-order valence-corrected chi connectivity index (χ4v) is 1.77. The van der Waals surface area contributed by atoms with Crippen molar-refractivity contribution in [1.82, 2.24) is 0 Å². The first-order valence-electron chi connectivity index (χ1n) is 4.96. The van der Waals surface area contributed by atoms with Gasteiger partial charge in [0.15, 0.2) is 0 Å². The molecule has 15 heavy (non-hydrogen) atoms. The van der Waals surface area contributed by atoms with Crippen LogP contribution in [0, 0.1) is 0 Å². The van der Waals surface area contributed by atoms with Crippen molar-refractivity contribution in [3.8, 4) is 5.75 Å². The Morgan fingerprint density at radius 3 is 2.53 bits per heavy atom. The van der Waals surface area contributed by atoms with Crippen LogP contribution in [0.25, 0.3) is 0 Å². The Morgan fingerprint density at radius 2 is 2.07 bits per heavy atom. The summed E-state index contributed by atoms with van der Waals surface area (Å²) in [7, 11) is 1.60. The van der Waals surface area contributed by atoms with Crippen molar-refractivity contribution >= 4 is 11.6 Å². The van der Waals surface area contributed by atoms with Gasteiger partial charge in [0.05, 0.1) is 12.1 Å². The van der Waals surface area contributed by atoms with Gasteiger partial charge in [-0.3, -0.25) is 0 Å². The molecule has 0 amide bonds. The van der Waals surface area contributed by atoms with E-state index in [4.69, 9.17) is 21.4 Å². The van der Waals surface area contributed by atoms with Crippen LogP contribution in [0.3, 0.4) is 0 Å². The van der Waals surface area contributed by atoms with E-state index in [1.54, 1.807) is 7.11 Å². The zero-order valence-corrected chi connectivity index (χ0v) is 10.1. The van der Waals surface area contributed by atoms with Crippen molar-refractivity contribution in [2.24, 2.45) is 0 Å². The molecule has 0 unspecified atom stereocenters. The minimum atomic E-state index is -0.0648. The Kier molecular flexibility index (Phi) is 4.00. The first-order valence-corrected chi connectivity index (χ1v) is 5.34. The van der Waals surface area contributed by atoms with Crippen molar-refractivity contribution in [3.63, 3.8) is 0 Å². The number of methoxy groups -OCH3 is 1. The average molecular weight is 229 g/mol. The first-order chi connectivity index (χ1) is 7.01. The minimum absolute atomic E-state index is 0.0648. The second kappa shape index (κ2) is 4.86. The fraction of sp³-hybridized carbons (Fsp3) is 0.500. The topological polar surface area (TPSA) is 29.5 Å². The SMILES string of the molecule is COc1ccc(C(C)(C)CCO)cc1Cl. The van der Waals surface area contributed by atoms with Crippen LogP contribution in [0.15, 0.2) is 18.2 Å². The maximum Gasteiger partial charge on any atom is 0.137 e. The van der Waals surface area contributed by atoms with Crippen LogP contribution >= 0.6 is 11.6 Å². The summed E-state index contributed by atoms with van der Waals surface area (Å²) in [6.07, 6.45) is 0.718. The Hall–Kier alpha value is -0.730. The van der Waals surface area contributed by atoms with Crippen molar-refractivity contribution < 1.29 is 9.84 Å². The molecule has 0 aliphatic rings. The van der Waals surface area contributed by atoms with Crippen LogP contribution in [0.2, 0.25) is 5.02 Å². The molecular formula is C12H17ClO2. The minimum Gasteiger partial charge on any atom is -0.495 e. The normalized spacial score (nSPS) is 11.5. The maximum absolute atomic E-state index is 8.98. The molecule has 2 nitrogen and oxygen atoms in total. The Balaban J connectivity index is 3.01. The molecule has 1 aromatic rings. The van der Waals surface area contributed by atoms with E-state index in [1.165, 1.54) is 0 Å². The number of rotatable bonds is 4. The Morgan fingerprint density at radius 1 is 1.40 bits per heavy atom. The predicted octanol–water partition coefficient (Wildman–Crippen LogP) is 3.01. The molecule has 0 aliphatic carbocycles. The zero-order valence-electron chi connectivity index (χ0n) is 9.38. The molecule has 0 radical (unpaired) electrons. The highest BCUT2D eigenvalue weighted by Gasteiger charge is 2.20. The van der Waals surface area contributed by atoms with E-state index >= 15 is 0 Å². The van der Waals surface area contributed by atoms with E-state index in [9.17, 15) is 0 Å². The quantitative estimate of drug-likeness (QED) is 0.859. The molecule has 0 saturated carbocycles. The molecule has 0 aromatic heterocycles. The highest BCUT2D eigenvalue weighted by Crippen LogP contribution is 2.32. The van der Waals surface area contributed by atoms with Gasteiger partial charge in [0, 0.05) is 6.61 Å². The lowest BCUT2D eigenvalue weighted by atomic mass is 9.82. The summed E-state index contributed by atoms with van der Waals surface area (Å²) in [5.41, 5.74) is 1.05. The smallest absolute Gasteiger partial charge is 0.137 e. The Labute approximate surface area is 95.8 Å². The van der Waals surface area contributed by atoms with Crippen LogP contribution in [-0.2, 0) is 5.41 Å². The number of aliphatic hydroxyl groups excluding tert-OH is 1. The molecule has 0 spiro atoms. The molecule has 1 N–H and O–H groups in total. The lowest BCUT2D eigenvalue weighted by Crippen LogP contribution is -2.18. The lowest BCUT2D eigenvalue weighted by Gasteiger charge is -2.24. The van der Waals surface area contributed by atoms with Crippen molar-refractivity contribution in [1.29, 1.82) is 0 Å². The summed E-state index contributed by atoms with van der Waals surface area (Å²) < 4.78 is 5.09. The molecule has 84 valence electrons. The van der Waals surface area contributed by atoms with Gasteiger partial charge < -0.3 is 9.84 Å². The number of hydrogen-bond acceptors (Lipinski definition) is 2. The van der Waals surface area contributed by atoms with Gasteiger partial charge in [-0.25, -0.2) is 0 Å². The van der Waals surface area contributed by atoms with E-state index in [1.807, 2.05) is 18.2 Å². The summed E-state index contributed by atoms with van der Waals surface area (Å²) in [5.74, 6) is 0.681. The fourth-order valence-electron chi connectivity index (χ4n) is 1.51. The van der Waals surface area contributed by atoms with Crippen LogP contribution < -0.4 is 4.74 Å². The van der Waals surface area contributed by atoms with Crippen LogP contribution in [0.4, 0.5) is 0 Å². The number of aliphatic hydroxyl groups is 1. The molecule has 1 rings (SSSR count). The second-order valence-electron chi connectivity index (χ2n) is 4.21. The van der Waals surface area contributed by atoms with Crippen LogP contribution in [-0.4, -0.2) is 18.8 Å². The van der Waals surface area contributed by atoms with Crippen molar-refractivity contribution in [2.45, 2.75) is 25.7 Å². The van der Waals surface area contributed by atoms with Crippen molar-refractivity contribution in [3.05, 3.63) is 28.8 Å². The third-order valence-corrected chi connectivity index (χ3v) is 2.97. The number of benzene rings is 1. The monoisotopic (exact) mass is 228 g/mol. The predicted molar refractivity (Wildman–Crippen MR) is 62.7 cm³/mol. The van der Waals surface area contributed by atoms with Gasteiger partial charge in [0.25, 0.3) is 0 Å². The molecular weight excluding hydrogens is 212 g/mol. The highest BCUT2D eigenvalue weighted by molar-refractivity contribution is 6.32. The van der Waals surface area contributed by atoms with Crippen LogP contribution in [0.1, 0.15) is 25.8 Å². The molecule has 0 aliphatic heterocycles. The van der Waals surface area contributed by atoms with Gasteiger partial charge in [0.2, 0.25) is 0 Å². The summed E-state index contributed by atoms with van der Waals surface area (Å²) in [4.78, 5) is 0. The van der Waals surface area contributed by atoms with Crippen LogP contribution in [0.5, 0.6) is 5.75 Å². The number of ether oxygens (including phenoxy) is 1. The average Bonchev–Trinajstić information content (AvgIpc) is 2.17. The molecule has 1 aromatic carbocycles. The Bertz CT molecular complexity index is 334. The van der Waals surface area contributed by atoms with E-state index in [2.05, 4.69) is 13.8 Å². The second-order valence-corrected chi connectivity index (χ2v) is 4.61. The zero-order chi connectivity index (χ0) is 11.5. The maximum atomic E-state index is 8.98. The van der Waals surface area contributed by atoms with E-state index in [0.717, 1.165) is 12.0 Å². The summed E-state index contributed by atoms with van der Waals surface area (Å²) in [6.45, 7) is 4.35.